The van der Waals surface area contributed by atoms with Gasteiger partial charge in [-0.2, -0.15) is 0 Å². The maximum Gasteiger partial charge on any atom is 0.246 e. The molecule has 1 aliphatic rings. The van der Waals surface area contributed by atoms with Gasteiger partial charge < -0.3 is 10.2 Å². The van der Waals surface area contributed by atoms with E-state index in [0.717, 1.165) is 22.8 Å². The fourth-order valence-corrected chi connectivity index (χ4v) is 4.15. The van der Waals surface area contributed by atoms with Crippen molar-refractivity contribution in [1.82, 2.24) is 30.0 Å². The minimum absolute atomic E-state index is 0.00568. The zero-order valence-corrected chi connectivity index (χ0v) is 17.1. The largest absolute Gasteiger partial charge is 0.338 e. The third kappa shape index (κ3) is 4.39. The Kier molecular flexibility index (Phi) is 5.40. The van der Waals surface area contributed by atoms with E-state index in [9.17, 15) is 4.79 Å². The quantitative estimate of drug-likeness (QED) is 0.642. The van der Waals surface area contributed by atoms with Gasteiger partial charge in [-0.15, -0.1) is 21.5 Å². The maximum absolute atomic E-state index is 12.5. The molecule has 0 bridgehead atoms. The van der Waals surface area contributed by atoms with Crippen LogP contribution in [0.2, 0.25) is 0 Å². The van der Waals surface area contributed by atoms with E-state index in [1.165, 1.54) is 11.3 Å². The van der Waals surface area contributed by atoms with Gasteiger partial charge in [0.15, 0.2) is 0 Å². The minimum atomic E-state index is 0.00568. The monoisotopic (exact) mass is 413 g/mol. The number of rotatable bonds is 5. The van der Waals surface area contributed by atoms with Crippen LogP contribution in [0.1, 0.15) is 34.6 Å². The molecule has 0 radical (unpaired) electrons. The van der Waals surface area contributed by atoms with E-state index in [4.69, 9.17) is 0 Å². The predicted molar refractivity (Wildman–Crippen MR) is 110 cm³/mol. The van der Waals surface area contributed by atoms with Gasteiger partial charge in [-0.25, -0.2) is 15.0 Å². The summed E-state index contributed by atoms with van der Waals surface area (Å²) in [5.74, 6) is 1.58. The Morgan fingerprint density at radius 1 is 1.29 bits per heavy atom. The summed E-state index contributed by atoms with van der Waals surface area (Å²) in [4.78, 5) is 27.7. The van der Waals surface area contributed by atoms with Gasteiger partial charge in [0, 0.05) is 36.5 Å². The molecule has 144 valence electrons. The number of likely N-dealkylation sites (tertiary alicyclic amines) is 1. The molecule has 3 aromatic rings. The van der Waals surface area contributed by atoms with Gasteiger partial charge in [-0.05, 0) is 26.3 Å². The van der Waals surface area contributed by atoms with E-state index >= 15 is 0 Å². The summed E-state index contributed by atoms with van der Waals surface area (Å²) < 4.78 is 0. The van der Waals surface area contributed by atoms with Gasteiger partial charge in [0.1, 0.15) is 17.2 Å². The summed E-state index contributed by atoms with van der Waals surface area (Å²) in [6, 6.07) is 1.93. The number of hydrogen-bond donors (Lipinski definition) is 1. The lowest BCUT2D eigenvalue weighted by Crippen LogP contribution is -2.26. The molecule has 1 N–H and O–H groups in total. The van der Waals surface area contributed by atoms with Crippen molar-refractivity contribution in [2.75, 3.05) is 18.4 Å². The number of aromatic nitrogens is 5. The van der Waals surface area contributed by atoms with Crippen LogP contribution in [-0.4, -0.2) is 49.0 Å². The predicted octanol–water partition coefficient (Wildman–Crippen LogP) is 3.17. The first-order valence-electron chi connectivity index (χ1n) is 8.85. The fourth-order valence-electron chi connectivity index (χ4n) is 3.12. The summed E-state index contributed by atoms with van der Waals surface area (Å²) in [5.41, 5.74) is 3.43. The highest BCUT2D eigenvalue weighted by Crippen LogP contribution is 2.28. The number of anilines is 2. The Labute approximate surface area is 170 Å². The van der Waals surface area contributed by atoms with E-state index in [1.54, 1.807) is 29.0 Å². The van der Waals surface area contributed by atoms with Crippen molar-refractivity contribution in [3.63, 3.8) is 0 Å². The van der Waals surface area contributed by atoms with Crippen LogP contribution >= 0.6 is 22.7 Å². The minimum Gasteiger partial charge on any atom is -0.338 e. The highest BCUT2D eigenvalue weighted by Gasteiger charge is 2.27. The first-order valence-corrected chi connectivity index (χ1v) is 10.6. The molecule has 1 fully saturated rings. The van der Waals surface area contributed by atoms with Crippen molar-refractivity contribution < 1.29 is 4.79 Å². The smallest absolute Gasteiger partial charge is 0.246 e. The zero-order chi connectivity index (χ0) is 19.5. The molecule has 0 aromatic carbocycles. The van der Waals surface area contributed by atoms with Crippen molar-refractivity contribution in [2.45, 2.75) is 26.2 Å². The van der Waals surface area contributed by atoms with E-state index in [-0.39, 0.29) is 11.8 Å². The van der Waals surface area contributed by atoms with Crippen LogP contribution < -0.4 is 5.32 Å². The highest BCUT2D eigenvalue weighted by atomic mass is 32.1. The summed E-state index contributed by atoms with van der Waals surface area (Å²) >= 11 is 2.99. The molecule has 3 aromatic heterocycles. The standard InChI is InChI=1S/C18H19N7OS2/c1-11-20-15(7-16(21-11)23-18-24-19-10-28-18)13-5-6-25(8-13)17(26)4-3-14-9-27-12(2)22-14/h3-4,7,9-10,13H,5-6,8H2,1-2H3,(H,20,21,23,24)/b4-3+/t13-/m1/s1. The molecule has 1 saturated heterocycles. The Bertz CT molecular complexity index is 999. The molecule has 1 aliphatic heterocycles. The summed E-state index contributed by atoms with van der Waals surface area (Å²) in [5, 5.41) is 14.6. The van der Waals surface area contributed by atoms with Gasteiger partial charge in [-0.1, -0.05) is 11.3 Å². The van der Waals surface area contributed by atoms with Crippen LogP contribution in [0.5, 0.6) is 0 Å². The molecular formula is C18H19N7OS2. The fraction of sp³-hybridized carbons (Fsp3) is 0.333. The number of aryl methyl sites for hydroxylation is 2. The van der Waals surface area contributed by atoms with Crippen LogP contribution in [-0.2, 0) is 4.79 Å². The van der Waals surface area contributed by atoms with Gasteiger partial charge in [-0.3, -0.25) is 4.79 Å². The third-order valence-electron chi connectivity index (χ3n) is 4.40. The van der Waals surface area contributed by atoms with Crippen molar-refractivity contribution >= 4 is 45.6 Å². The van der Waals surface area contributed by atoms with E-state index in [0.29, 0.717) is 29.9 Å². The maximum atomic E-state index is 12.5. The van der Waals surface area contributed by atoms with E-state index in [2.05, 4.69) is 30.5 Å². The van der Waals surface area contributed by atoms with Crippen LogP contribution in [0, 0.1) is 13.8 Å². The molecule has 10 heteroatoms. The molecule has 4 heterocycles. The van der Waals surface area contributed by atoms with Gasteiger partial charge in [0.25, 0.3) is 0 Å². The van der Waals surface area contributed by atoms with Gasteiger partial charge in [0.05, 0.1) is 16.4 Å². The molecule has 0 spiro atoms. The summed E-state index contributed by atoms with van der Waals surface area (Å²) in [7, 11) is 0. The molecular weight excluding hydrogens is 394 g/mol. The first-order chi connectivity index (χ1) is 13.6. The second-order valence-corrected chi connectivity index (χ2v) is 8.38. The lowest BCUT2D eigenvalue weighted by atomic mass is 10.0. The lowest BCUT2D eigenvalue weighted by molar-refractivity contribution is -0.124. The average Bonchev–Trinajstić information content (AvgIpc) is 3.41. The van der Waals surface area contributed by atoms with E-state index in [1.807, 2.05) is 30.2 Å². The normalized spacial score (nSPS) is 16.8. The number of nitrogens with zero attached hydrogens (tertiary/aromatic N) is 6. The molecule has 0 saturated carbocycles. The van der Waals surface area contributed by atoms with Crippen molar-refractivity contribution in [3.8, 4) is 0 Å². The van der Waals surface area contributed by atoms with Crippen molar-refractivity contribution in [2.24, 2.45) is 0 Å². The summed E-state index contributed by atoms with van der Waals surface area (Å²) in [6.45, 7) is 5.18. The Balaban J connectivity index is 1.42. The van der Waals surface area contributed by atoms with Gasteiger partial charge in [0.2, 0.25) is 11.0 Å². The van der Waals surface area contributed by atoms with Crippen LogP contribution in [0.4, 0.5) is 10.9 Å². The van der Waals surface area contributed by atoms with Gasteiger partial charge >= 0.3 is 0 Å². The number of nitrogens with one attached hydrogen (secondary N) is 1. The lowest BCUT2D eigenvalue weighted by Gasteiger charge is -2.15. The summed E-state index contributed by atoms with van der Waals surface area (Å²) in [6.07, 6.45) is 4.26. The van der Waals surface area contributed by atoms with Crippen LogP contribution in [0.15, 0.2) is 23.0 Å². The first kappa shape index (κ1) is 18.6. The van der Waals surface area contributed by atoms with Crippen molar-refractivity contribution in [3.05, 3.63) is 45.3 Å². The molecule has 0 unspecified atom stereocenters. The number of hydrogen-bond acceptors (Lipinski definition) is 9. The second kappa shape index (κ2) is 8.11. The molecule has 28 heavy (non-hydrogen) atoms. The van der Waals surface area contributed by atoms with E-state index < -0.39 is 0 Å². The molecule has 1 atom stereocenters. The Hall–Kier alpha value is -2.72. The van der Waals surface area contributed by atoms with Crippen LogP contribution in [0.3, 0.4) is 0 Å². The van der Waals surface area contributed by atoms with Crippen LogP contribution in [0.25, 0.3) is 6.08 Å². The molecule has 4 rings (SSSR count). The Morgan fingerprint density at radius 3 is 2.93 bits per heavy atom. The molecule has 0 aliphatic carbocycles. The SMILES string of the molecule is Cc1nc(Nc2nncs2)cc([C@@H]2CCN(C(=O)/C=C/c3csc(C)n3)C2)n1. The number of carbonyl (C=O) groups is 1. The zero-order valence-electron chi connectivity index (χ0n) is 15.5. The average molecular weight is 414 g/mol. The molecule has 8 nitrogen and oxygen atoms in total. The third-order valence-corrected chi connectivity index (χ3v) is 5.80. The Morgan fingerprint density at radius 2 is 2.18 bits per heavy atom. The highest BCUT2D eigenvalue weighted by molar-refractivity contribution is 7.13. The number of amides is 1. The molecule has 1 amide bonds. The number of carbonyl (C=O) groups excluding carboxylic acids is 1. The second-order valence-electron chi connectivity index (χ2n) is 6.49. The number of thiazole rings is 1. The topological polar surface area (TPSA) is 96.8 Å². The van der Waals surface area contributed by atoms with Crippen molar-refractivity contribution in [1.29, 1.82) is 0 Å².